The second-order valence-corrected chi connectivity index (χ2v) is 8.35. The number of ether oxygens (including phenoxy) is 3. The summed E-state index contributed by atoms with van der Waals surface area (Å²) >= 11 is 7.51. The van der Waals surface area contributed by atoms with E-state index in [0.717, 1.165) is 11.3 Å². The van der Waals surface area contributed by atoms with Crippen LogP contribution in [0.15, 0.2) is 47.9 Å². The van der Waals surface area contributed by atoms with Crippen molar-refractivity contribution in [2.45, 2.75) is 20.0 Å². The number of nitrogens with one attached hydrogen (secondary N) is 1. The van der Waals surface area contributed by atoms with Crippen molar-refractivity contribution in [3.8, 4) is 11.5 Å². The molecule has 2 aromatic carbocycles. The molecule has 7 nitrogen and oxygen atoms in total. The molecule has 3 aromatic rings. The minimum atomic E-state index is -0.535. The molecule has 0 fully saturated rings. The Morgan fingerprint density at radius 2 is 1.91 bits per heavy atom. The van der Waals surface area contributed by atoms with Crippen molar-refractivity contribution in [2.75, 3.05) is 19.5 Å². The van der Waals surface area contributed by atoms with Gasteiger partial charge < -0.3 is 19.5 Å². The number of methoxy groups -OCH3 is 2. The van der Waals surface area contributed by atoms with Crippen molar-refractivity contribution < 1.29 is 23.8 Å². The molecule has 0 spiro atoms. The molecule has 1 heterocycles. The number of nitrogens with zero attached hydrogens (tertiary/aromatic N) is 1. The molecule has 1 amide bonds. The van der Waals surface area contributed by atoms with Crippen molar-refractivity contribution in [1.82, 2.24) is 4.98 Å². The van der Waals surface area contributed by atoms with Crippen LogP contribution in [0.1, 0.15) is 21.8 Å². The number of carbonyl (C=O) groups is 2. The van der Waals surface area contributed by atoms with Crippen LogP contribution in [0.2, 0.25) is 5.02 Å². The first-order valence-corrected chi connectivity index (χ1v) is 11.2. The van der Waals surface area contributed by atoms with Gasteiger partial charge in [0.2, 0.25) is 5.91 Å². The topological polar surface area (TPSA) is 86.8 Å². The van der Waals surface area contributed by atoms with Gasteiger partial charge in [-0.05, 0) is 42.8 Å². The molecule has 0 unspecified atom stereocenters. The third kappa shape index (κ3) is 7.06. The second-order valence-electron chi connectivity index (χ2n) is 7.00. The molecule has 9 heteroatoms. The quantitative estimate of drug-likeness (QED) is 0.336. The lowest BCUT2D eigenvalue weighted by atomic mass is 10.2. The zero-order valence-corrected chi connectivity index (χ0v) is 20.0. The van der Waals surface area contributed by atoms with E-state index in [2.05, 4.69) is 10.3 Å². The van der Waals surface area contributed by atoms with Gasteiger partial charge in [-0.1, -0.05) is 29.3 Å². The van der Waals surface area contributed by atoms with Gasteiger partial charge in [0.15, 0.2) is 11.5 Å². The number of esters is 1. The number of benzene rings is 2. The molecular formula is C24H23ClN2O5S. The number of rotatable bonds is 9. The van der Waals surface area contributed by atoms with Gasteiger partial charge in [0, 0.05) is 17.1 Å². The van der Waals surface area contributed by atoms with E-state index in [1.807, 2.05) is 31.2 Å². The van der Waals surface area contributed by atoms with Crippen molar-refractivity contribution in [3.63, 3.8) is 0 Å². The first kappa shape index (κ1) is 24.3. The molecule has 0 saturated heterocycles. The summed E-state index contributed by atoms with van der Waals surface area (Å²) < 4.78 is 15.7. The van der Waals surface area contributed by atoms with Crippen molar-refractivity contribution in [3.05, 3.63) is 74.7 Å². The highest BCUT2D eigenvalue weighted by Crippen LogP contribution is 2.36. The zero-order chi connectivity index (χ0) is 23.8. The predicted molar refractivity (Wildman–Crippen MR) is 129 cm³/mol. The number of thiazole rings is 1. The van der Waals surface area contributed by atoms with E-state index in [0.29, 0.717) is 32.8 Å². The Morgan fingerprint density at radius 1 is 1.15 bits per heavy atom. The van der Waals surface area contributed by atoms with E-state index in [-0.39, 0.29) is 18.9 Å². The highest BCUT2D eigenvalue weighted by Gasteiger charge is 2.11. The average molecular weight is 487 g/mol. The monoisotopic (exact) mass is 486 g/mol. The van der Waals surface area contributed by atoms with E-state index in [1.165, 1.54) is 31.6 Å². The fourth-order valence-corrected chi connectivity index (χ4v) is 3.94. The van der Waals surface area contributed by atoms with Crippen LogP contribution in [0, 0.1) is 6.92 Å². The molecule has 172 valence electrons. The summed E-state index contributed by atoms with van der Waals surface area (Å²) in [5.74, 6) is 0.186. The molecule has 0 aliphatic carbocycles. The van der Waals surface area contributed by atoms with Gasteiger partial charge in [0.1, 0.15) is 11.6 Å². The highest BCUT2D eigenvalue weighted by molar-refractivity contribution is 7.09. The Hall–Kier alpha value is -3.36. The number of hydrogen-bond acceptors (Lipinski definition) is 7. The van der Waals surface area contributed by atoms with Crippen molar-refractivity contribution in [2.24, 2.45) is 0 Å². The molecule has 33 heavy (non-hydrogen) atoms. The molecule has 0 bridgehead atoms. The van der Waals surface area contributed by atoms with Crippen LogP contribution in [-0.4, -0.2) is 31.1 Å². The van der Waals surface area contributed by atoms with E-state index in [4.69, 9.17) is 25.8 Å². The van der Waals surface area contributed by atoms with Gasteiger partial charge >= 0.3 is 5.97 Å². The maximum Gasteiger partial charge on any atom is 0.331 e. The number of hydrogen-bond donors (Lipinski definition) is 1. The van der Waals surface area contributed by atoms with Gasteiger partial charge in [-0.15, -0.1) is 11.3 Å². The molecule has 0 aliphatic rings. The van der Waals surface area contributed by atoms with Crippen LogP contribution >= 0.6 is 22.9 Å². The Kier molecular flexibility index (Phi) is 8.46. The molecule has 0 aliphatic heterocycles. The second kappa shape index (κ2) is 11.5. The standard InChI is InChI=1S/C24H23ClN2O5S/c1-15-4-7-17(8-5-15)26-21(28)12-22-27-18(14-33-22)13-32-23(29)9-6-16-10-19(25)24(31-3)20(11-16)30-2/h4-11,14H,12-13H2,1-3H3,(H,26,28)/b9-6+. The minimum Gasteiger partial charge on any atom is -0.493 e. The van der Waals surface area contributed by atoms with Crippen LogP contribution in [0.4, 0.5) is 5.69 Å². The number of aryl methyl sites for hydroxylation is 1. The van der Waals surface area contributed by atoms with Crippen LogP contribution in [0.3, 0.4) is 0 Å². The Labute approximate surface area is 201 Å². The summed E-state index contributed by atoms with van der Waals surface area (Å²) in [6.07, 6.45) is 3.00. The average Bonchev–Trinajstić information content (AvgIpc) is 3.24. The van der Waals surface area contributed by atoms with E-state index < -0.39 is 5.97 Å². The molecular weight excluding hydrogens is 464 g/mol. The van der Waals surface area contributed by atoms with Gasteiger partial charge in [0.05, 0.1) is 31.4 Å². The summed E-state index contributed by atoms with van der Waals surface area (Å²) in [7, 11) is 3.00. The summed E-state index contributed by atoms with van der Waals surface area (Å²) in [5, 5.41) is 5.61. The lowest BCUT2D eigenvalue weighted by Crippen LogP contribution is -2.14. The summed E-state index contributed by atoms with van der Waals surface area (Å²) in [5.41, 5.74) is 3.09. The van der Waals surface area contributed by atoms with Gasteiger partial charge in [-0.25, -0.2) is 9.78 Å². The first-order chi connectivity index (χ1) is 15.9. The van der Waals surface area contributed by atoms with Gasteiger partial charge in [-0.2, -0.15) is 0 Å². The Morgan fingerprint density at radius 3 is 2.61 bits per heavy atom. The lowest BCUT2D eigenvalue weighted by Gasteiger charge is -2.10. The molecule has 1 N–H and O–H groups in total. The third-order valence-electron chi connectivity index (χ3n) is 4.48. The minimum absolute atomic E-state index is 0.00590. The molecule has 3 rings (SSSR count). The molecule has 0 saturated carbocycles. The maximum atomic E-state index is 12.2. The van der Waals surface area contributed by atoms with Gasteiger partial charge in [0.25, 0.3) is 0 Å². The van der Waals surface area contributed by atoms with E-state index >= 15 is 0 Å². The fourth-order valence-electron chi connectivity index (χ4n) is 2.87. The number of carbonyl (C=O) groups excluding carboxylic acids is 2. The largest absolute Gasteiger partial charge is 0.493 e. The Balaban J connectivity index is 1.50. The normalized spacial score (nSPS) is 10.8. The van der Waals surface area contributed by atoms with Crippen molar-refractivity contribution in [1.29, 1.82) is 0 Å². The summed E-state index contributed by atoms with van der Waals surface area (Å²) in [4.78, 5) is 28.6. The molecule has 0 radical (unpaired) electrons. The molecule has 0 atom stereocenters. The summed E-state index contributed by atoms with van der Waals surface area (Å²) in [6.45, 7) is 1.99. The maximum absolute atomic E-state index is 12.2. The number of amides is 1. The summed E-state index contributed by atoms with van der Waals surface area (Å²) in [6, 6.07) is 10.9. The predicted octanol–water partition coefficient (Wildman–Crippen LogP) is 5.06. The number of anilines is 1. The van der Waals surface area contributed by atoms with E-state index in [9.17, 15) is 9.59 Å². The third-order valence-corrected chi connectivity index (χ3v) is 5.65. The number of halogens is 1. The SMILES string of the molecule is COc1cc(/C=C/C(=O)OCc2csc(CC(=O)Nc3ccc(C)cc3)n2)cc(Cl)c1OC. The smallest absolute Gasteiger partial charge is 0.331 e. The van der Waals surface area contributed by atoms with Crippen LogP contribution in [0.5, 0.6) is 11.5 Å². The molecule has 1 aromatic heterocycles. The Bertz CT molecular complexity index is 1160. The zero-order valence-electron chi connectivity index (χ0n) is 18.4. The fraction of sp³-hybridized carbons (Fsp3) is 0.208. The van der Waals surface area contributed by atoms with Crippen LogP contribution in [-0.2, 0) is 27.4 Å². The number of aromatic nitrogens is 1. The first-order valence-electron chi connectivity index (χ1n) is 9.94. The van der Waals surface area contributed by atoms with Crippen LogP contribution < -0.4 is 14.8 Å². The van der Waals surface area contributed by atoms with Crippen LogP contribution in [0.25, 0.3) is 6.08 Å². The van der Waals surface area contributed by atoms with Gasteiger partial charge in [-0.3, -0.25) is 4.79 Å². The van der Waals surface area contributed by atoms with Crippen molar-refractivity contribution >= 4 is 46.6 Å². The van der Waals surface area contributed by atoms with E-state index in [1.54, 1.807) is 23.6 Å². The lowest BCUT2D eigenvalue weighted by molar-refractivity contribution is -0.139. The highest BCUT2D eigenvalue weighted by atomic mass is 35.5.